The first kappa shape index (κ1) is 29.5. The topological polar surface area (TPSA) is 85.1 Å². The minimum absolute atomic E-state index is 0.0952. The number of halogens is 3. The van der Waals surface area contributed by atoms with Gasteiger partial charge in [0.05, 0.1) is 5.41 Å². The average molecular weight is 559 g/mol. The van der Waals surface area contributed by atoms with E-state index in [4.69, 9.17) is 0 Å². The molecule has 0 unspecified atom stereocenters. The summed E-state index contributed by atoms with van der Waals surface area (Å²) in [6, 6.07) is 8.72. The molecule has 11 heteroatoms. The van der Waals surface area contributed by atoms with Crippen LogP contribution in [0.2, 0.25) is 0 Å². The van der Waals surface area contributed by atoms with Gasteiger partial charge in [-0.15, -0.1) is 10.2 Å². The van der Waals surface area contributed by atoms with Gasteiger partial charge in [0.1, 0.15) is 24.3 Å². The summed E-state index contributed by atoms with van der Waals surface area (Å²) in [7, 11) is 3.74. The molecule has 1 amide bonds. The third-order valence-electron chi connectivity index (χ3n) is 7.24. The summed E-state index contributed by atoms with van der Waals surface area (Å²) in [6.07, 6.45) is -0.103. The third-order valence-corrected chi connectivity index (χ3v) is 7.24. The van der Waals surface area contributed by atoms with Crippen LogP contribution < -0.4 is 10.9 Å². The number of anilines is 1. The maximum Gasteiger partial charge on any atom is 0.406 e. The Balaban J connectivity index is 1.66. The maximum absolute atomic E-state index is 13.4. The molecule has 8 nitrogen and oxygen atoms in total. The van der Waals surface area contributed by atoms with Crippen molar-refractivity contribution in [2.75, 3.05) is 18.9 Å². The van der Waals surface area contributed by atoms with E-state index < -0.39 is 29.6 Å². The van der Waals surface area contributed by atoms with Crippen molar-refractivity contribution in [2.45, 2.75) is 65.2 Å². The van der Waals surface area contributed by atoms with Crippen molar-refractivity contribution >= 4 is 11.6 Å². The summed E-state index contributed by atoms with van der Waals surface area (Å²) >= 11 is 0. The van der Waals surface area contributed by atoms with Crippen LogP contribution in [-0.2, 0) is 25.6 Å². The molecular formula is C29H37F3N6O2. The molecule has 1 N–H and O–H groups in total. The highest BCUT2D eigenvalue weighted by Crippen LogP contribution is 2.58. The van der Waals surface area contributed by atoms with Crippen LogP contribution in [-0.4, -0.2) is 49.9 Å². The summed E-state index contributed by atoms with van der Waals surface area (Å²) in [6.45, 7) is 7.97. The third kappa shape index (κ3) is 6.46. The minimum Gasteiger partial charge on any atom is -0.322 e. The van der Waals surface area contributed by atoms with Gasteiger partial charge < -0.3 is 19.4 Å². The second-order valence-corrected chi connectivity index (χ2v) is 12.3. The molecule has 0 aliphatic heterocycles. The normalized spacial score (nSPS) is 16.3. The van der Waals surface area contributed by atoms with Gasteiger partial charge in [-0.3, -0.25) is 9.59 Å². The fourth-order valence-electron chi connectivity index (χ4n) is 6.14. The number of aromatic nitrogens is 4. The number of rotatable bonds is 9. The zero-order valence-corrected chi connectivity index (χ0v) is 23.8. The molecule has 2 heterocycles. The second kappa shape index (κ2) is 10.8. The summed E-state index contributed by atoms with van der Waals surface area (Å²) in [5, 5.41) is 11.2. The summed E-state index contributed by atoms with van der Waals surface area (Å²) in [4.78, 5) is 28.3. The molecule has 0 saturated heterocycles. The van der Waals surface area contributed by atoms with Gasteiger partial charge in [0.15, 0.2) is 0 Å². The smallest absolute Gasteiger partial charge is 0.322 e. The van der Waals surface area contributed by atoms with Gasteiger partial charge in [0, 0.05) is 32.0 Å². The first-order valence-electron chi connectivity index (χ1n) is 13.3. The molecule has 1 aliphatic rings. The largest absolute Gasteiger partial charge is 0.406 e. The minimum atomic E-state index is -4.61. The Morgan fingerprint density at radius 2 is 1.90 bits per heavy atom. The van der Waals surface area contributed by atoms with Crippen molar-refractivity contribution in [1.82, 2.24) is 24.2 Å². The van der Waals surface area contributed by atoms with Gasteiger partial charge in [0.25, 0.3) is 11.5 Å². The number of hydrogen-bond donors (Lipinski definition) is 1. The number of carbonyl (C=O) groups is 1. The Kier molecular flexibility index (Phi) is 7.99. The lowest BCUT2D eigenvalue weighted by atomic mass is 9.51. The molecule has 40 heavy (non-hydrogen) atoms. The number of amides is 1. The van der Waals surface area contributed by atoms with Gasteiger partial charge in [0.2, 0.25) is 0 Å². The highest BCUT2D eigenvalue weighted by Gasteiger charge is 2.54. The van der Waals surface area contributed by atoms with Crippen LogP contribution in [0.5, 0.6) is 0 Å². The number of hydrogen-bond acceptors (Lipinski definition) is 5. The van der Waals surface area contributed by atoms with E-state index in [0.29, 0.717) is 34.8 Å². The van der Waals surface area contributed by atoms with Crippen molar-refractivity contribution in [2.24, 2.45) is 18.4 Å². The molecule has 3 aromatic rings. The number of nitrogens with one attached hydrogen (secondary N) is 1. The quantitative estimate of drug-likeness (QED) is 0.400. The molecule has 0 atom stereocenters. The van der Waals surface area contributed by atoms with Crippen LogP contribution in [0.25, 0.3) is 0 Å². The lowest BCUT2D eigenvalue weighted by Crippen LogP contribution is -2.49. The van der Waals surface area contributed by atoms with Crippen molar-refractivity contribution < 1.29 is 18.0 Å². The van der Waals surface area contributed by atoms with Crippen LogP contribution in [0, 0.1) is 11.3 Å². The Bertz CT molecular complexity index is 1430. The molecule has 1 aliphatic carbocycles. The van der Waals surface area contributed by atoms with Crippen molar-refractivity contribution in [3.63, 3.8) is 0 Å². The summed E-state index contributed by atoms with van der Waals surface area (Å²) in [5.74, 6) is 0.406. The van der Waals surface area contributed by atoms with E-state index in [1.54, 1.807) is 12.4 Å². The standard InChI is InChI=1S/C29H37F3N6O2/c1-19(2)12-36(5)13-20-10-23(25(40)38(14-20)17-29(30,31)32)24(39)34-22-9-7-8-21(11-22)28(15-27(3,4)16-28)26-35-33-18-37(26)6/h7-11,14,18-19H,12-13,15-17H2,1-6H3,(H,34,39). The zero-order valence-electron chi connectivity index (χ0n) is 23.8. The van der Waals surface area contributed by atoms with E-state index in [2.05, 4.69) is 29.4 Å². The number of nitrogens with zero attached hydrogens (tertiary/aromatic N) is 5. The van der Waals surface area contributed by atoms with Crippen LogP contribution in [0.3, 0.4) is 0 Å². The maximum atomic E-state index is 13.4. The van der Waals surface area contributed by atoms with Crippen LogP contribution >= 0.6 is 0 Å². The number of alkyl halides is 3. The molecule has 216 valence electrons. The number of carbonyl (C=O) groups excluding carboxylic acids is 1. The molecule has 4 rings (SSSR count). The number of benzene rings is 1. The fraction of sp³-hybridized carbons (Fsp3) is 0.517. The van der Waals surface area contributed by atoms with Crippen LogP contribution in [0.15, 0.2) is 47.7 Å². The zero-order chi connectivity index (χ0) is 29.5. The monoisotopic (exact) mass is 558 g/mol. The first-order valence-corrected chi connectivity index (χ1v) is 13.3. The predicted molar refractivity (Wildman–Crippen MR) is 147 cm³/mol. The predicted octanol–water partition coefficient (Wildman–Crippen LogP) is 4.99. The van der Waals surface area contributed by atoms with E-state index in [0.717, 1.165) is 24.2 Å². The van der Waals surface area contributed by atoms with Gasteiger partial charge in [-0.2, -0.15) is 13.2 Å². The molecule has 1 fully saturated rings. The van der Waals surface area contributed by atoms with Gasteiger partial charge in [-0.1, -0.05) is 39.8 Å². The number of pyridine rings is 1. The van der Waals surface area contributed by atoms with Gasteiger partial charge in [-0.25, -0.2) is 0 Å². The average Bonchev–Trinajstić information content (AvgIpc) is 3.24. The van der Waals surface area contributed by atoms with Gasteiger partial charge >= 0.3 is 6.18 Å². The number of aryl methyl sites for hydroxylation is 1. The molecule has 1 aromatic carbocycles. The van der Waals surface area contributed by atoms with E-state index in [-0.39, 0.29) is 11.0 Å². The SMILES string of the molecule is CC(C)CN(C)Cc1cc(C(=O)Nc2cccc(C3(c4nncn4C)CC(C)(C)C3)c2)c(=O)n(CC(F)(F)F)c1. The fourth-order valence-corrected chi connectivity index (χ4v) is 6.14. The summed E-state index contributed by atoms with van der Waals surface area (Å²) < 4.78 is 42.3. The Labute approximate surface area is 232 Å². The first-order chi connectivity index (χ1) is 18.6. The molecule has 1 saturated carbocycles. The second-order valence-electron chi connectivity index (χ2n) is 12.3. The van der Waals surface area contributed by atoms with E-state index in [9.17, 15) is 22.8 Å². The Morgan fingerprint density at radius 1 is 1.20 bits per heavy atom. The Hall–Kier alpha value is -3.47. The van der Waals surface area contributed by atoms with E-state index in [1.165, 1.54) is 12.3 Å². The van der Waals surface area contributed by atoms with Crippen molar-refractivity contribution in [3.8, 4) is 0 Å². The van der Waals surface area contributed by atoms with Gasteiger partial charge in [-0.05, 0) is 60.5 Å². The Morgan fingerprint density at radius 3 is 2.48 bits per heavy atom. The lowest BCUT2D eigenvalue weighted by molar-refractivity contribution is -0.141. The molecule has 0 bridgehead atoms. The van der Waals surface area contributed by atoms with Crippen LogP contribution in [0.4, 0.5) is 18.9 Å². The van der Waals surface area contributed by atoms with E-state index >= 15 is 0 Å². The highest BCUT2D eigenvalue weighted by atomic mass is 19.4. The highest BCUT2D eigenvalue weighted by molar-refractivity contribution is 6.04. The molecule has 2 aromatic heterocycles. The van der Waals surface area contributed by atoms with E-state index in [1.807, 2.05) is 55.6 Å². The molecule has 0 spiro atoms. The molecule has 0 radical (unpaired) electrons. The van der Waals surface area contributed by atoms with Crippen molar-refractivity contribution in [1.29, 1.82) is 0 Å². The van der Waals surface area contributed by atoms with Crippen molar-refractivity contribution in [3.05, 3.63) is 75.7 Å². The lowest BCUT2D eigenvalue weighted by Gasteiger charge is -2.52. The molecular weight excluding hydrogens is 521 g/mol. The summed E-state index contributed by atoms with van der Waals surface area (Å²) in [5.41, 5.74) is 0.213. The van der Waals surface area contributed by atoms with Crippen LogP contribution in [0.1, 0.15) is 67.8 Å².